The molecule has 0 amide bonds. The molecule has 0 bridgehead atoms. The van der Waals surface area contributed by atoms with Crippen molar-refractivity contribution in [3.63, 3.8) is 0 Å². The van der Waals surface area contributed by atoms with Gasteiger partial charge in [0.15, 0.2) is 0 Å². The number of carbonyl (C=O) groups is 1. The third-order valence-electron chi connectivity index (χ3n) is 3.97. The number of benzene rings is 2. The van der Waals surface area contributed by atoms with E-state index in [9.17, 15) is 4.79 Å². The molecule has 0 unspecified atom stereocenters. The largest absolute Gasteiger partial charge is 0.519 e. The van der Waals surface area contributed by atoms with Crippen molar-refractivity contribution in [1.29, 1.82) is 0 Å². The number of aryl methyl sites for hydroxylation is 2. The maximum Gasteiger partial charge on any atom is 0.519 e. The van der Waals surface area contributed by atoms with E-state index >= 15 is 0 Å². The van der Waals surface area contributed by atoms with E-state index in [0.29, 0.717) is 11.5 Å². The molecule has 128 valence electrons. The minimum Gasteiger partial charge on any atom is -0.394 e. The minimum atomic E-state index is -0.699. The van der Waals surface area contributed by atoms with Crippen LogP contribution in [0.25, 0.3) is 0 Å². The first kappa shape index (κ1) is 18.1. The predicted octanol–water partition coefficient (Wildman–Crippen LogP) is 6.13. The molecule has 0 N–H and O–H groups in total. The molecule has 0 fully saturated rings. The quantitative estimate of drug-likeness (QED) is 0.501. The Morgan fingerprint density at radius 3 is 1.46 bits per heavy atom. The summed E-state index contributed by atoms with van der Waals surface area (Å²) in [7, 11) is 0. The van der Waals surface area contributed by atoms with Crippen molar-refractivity contribution in [3.8, 4) is 11.5 Å². The van der Waals surface area contributed by atoms with Gasteiger partial charge in [-0.15, -0.1) is 0 Å². The third-order valence-corrected chi connectivity index (χ3v) is 3.97. The second-order valence-electron chi connectivity index (χ2n) is 6.85. The van der Waals surface area contributed by atoms with Crippen molar-refractivity contribution in [2.24, 2.45) is 0 Å². The average molecular weight is 326 g/mol. The smallest absolute Gasteiger partial charge is 0.394 e. The number of ether oxygens (including phenoxy) is 2. The zero-order chi connectivity index (χ0) is 17.9. The van der Waals surface area contributed by atoms with Gasteiger partial charge in [-0.25, -0.2) is 4.79 Å². The summed E-state index contributed by atoms with van der Waals surface area (Å²) >= 11 is 0. The molecular formula is C21H26O3. The highest BCUT2D eigenvalue weighted by Gasteiger charge is 2.16. The Bertz CT molecular complexity index is 668. The SMILES string of the molecule is Cc1ccc(C(C)C)c(OC(=O)Oc2cc(C)ccc2C(C)C)c1. The van der Waals surface area contributed by atoms with Gasteiger partial charge in [-0.3, -0.25) is 0 Å². The first-order chi connectivity index (χ1) is 11.3. The fourth-order valence-electron chi connectivity index (χ4n) is 2.61. The molecule has 24 heavy (non-hydrogen) atoms. The summed E-state index contributed by atoms with van der Waals surface area (Å²) < 4.78 is 11.0. The van der Waals surface area contributed by atoms with Crippen LogP contribution in [-0.4, -0.2) is 6.16 Å². The molecule has 0 aliphatic heterocycles. The van der Waals surface area contributed by atoms with Gasteiger partial charge in [-0.2, -0.15) is 0 Å². The van der Waals surface area contributed by atoms with E-state index in [4.69, 9.17) is 9.47 Å². The van der Waals surface area contributed by atoms with E-state index in [1.807, 2.05) is 50.2 Å². The van der Waals surface area contributed by atoms with Gasteiger partial charge in [0.25, 0.3) is 0 Å². The van der Waals surface area contributed by atoms with Crippen molar-refractivity contribution >= 4 is 6.16 Å². The molecule has 2 aromatic rings. The molecule has 0 spiro atoms. The Morgan fingerprint density at radius 2 is 1.12 bits per heavy atom. The lowest BCUT2D eigenvalue weighted by Crippen LogP contribution is -2.16. The Labute approximate surface area is 144 Å². The molecule has 0 saturated heterocycles. The van der Waals surface area contributed by atoms with Gasteiger partial charge in [0.05, 0.1) is 0 Å². The first-order valence-electron chi connectivity index (χ1n) is 8.38. The topological polar surface area (TPSA) is 35.5 Å². The summed E-state index contributed by atoms with van der Waals surface area (Å²) in [5.74, 6) is 1.65. The maximum atomic E-state index is 12.3. The van der Waals surface area contributed by atoms with E-state index < -0.39 is 6.16 Å². The van der Waals surface area contributed by atoms with Crippen LogP contribution >= 0.6 is 0 Å². The van der Waals surface area contributed by atoms with Crippen LogP contribution in [-0.2, 0) is 0 Å². The van der Waals surface area contributed by atoms with Crippen LogP contribution in [0.4, 0.5) is 4.79 Å². The van der Waals surface area contributed by atoms with Gasteiger partial charge in [0.2, 0.25) is 0 Å². The first-order valence-corrected chi connectivity index (χ1v) is 8.38. The van der Waals surface area contributed by atoms with Gasteiger partial charge in [-0.05, 0) is 60.1 Å². The number of hydrogen-bond donors (Lipinski definition) is 0. The normalized spacial score (nSPS) is 11.0. The lowest BCUT2D eigenvalue weighted by atomic mass is 10.0. The highest BCUT2D eigenvalue weighted by molar-refractivity contribution is 5.68. The van der Waals surface area contributed by atoms with Crippen LogP contribution < -0.4 is 9.47 Å². The maximum absolute atomic E-state index is 12.3. The van der Waals surface area contributed by atoms with Gasteiger partial charge in [0.1, 0.15) is 11.5 Å². The lowest BCUT2D eigenvalue weighted by Gasteiger charge is -2.16. The molecule has 0 atom stereocenters. The highest BCUT2D eigenvalue weighted by atomic mass is 16.7. The summed E-state index contributed by atoms with van der Waals surface area (Å²) in [5, 5.41) is 0. The van der Waals surface area contributed by atoms with Crippen molar-refractivity contribution in [2.45, 2.75) is 53.4 Å². The van der Waals surface area contributed by atoms with Crippen molar-refractivity contribution < 1.29 is 14.3 Å². The molecule has 0 aromatic heterocycles. The third kappa shape index (κ3) is 4.38. The number of carbonyl (C=O) groups excluding carboxylic acids is 1. The fourth-order valence-corrected chi connectivity index (χ4v) is 2.61. The van der Waals surface area contributed by atoms with Crippen LogP contribution in [0.5, 0.6) is 11.5 Å². The van der Waals surface area contributed by atoms with Crippen LogP contribution in [0.1, 0.15) is 61.8 Å². The summed E-state index contributed by atoms with van der Waals surface area (Å²) in [6.45, 7) is 12.2. The highest BCUT2D eigenvalue weighted by Crippen LogP contribution is 2.30. The van der Waals surface area contributed by atoms with Crippen molar-refractivity contribution in [3.05, 3.63) is 58.7 Å². The monoisotopic (exact) mass is 326 g/mol. The fraction of sp³-hybridized carbons (Fsp3) is 0.381. The van der Waals surface area contributed by atoms with E-state index in [1.54, 1.807) is 0 Å². The molecule has 0 saturated carbocycles. The van der Waals surface area contributed by atoms with E-state index in [1.165, 1.54) is 0 Å². The lowest BCUT2D eigenvalue weighted by molar-refractivity contribution is 0.150. The van der Waals surface area contributed by atoms with Crippen molar-refractivity contribution in [1.82, 2.24) is 0 Å². The van der Waals surface area contributed by atoms with Gasteiger partial charge in [0, 0.05) is 0 Å². The average Bonchev–Trinajstić information content (AvgIpc) is 2.46. The van der Waals surface area contributed by atoms with Crippen LogP contribution in [0.2, 0.25) is 0 Å². The molecule has 2 rings (SSSR count). The molecular weight excluding hydrogens is 300 g/mol. The predicted molar refractivity (Wildman–Crippen MR) is 97.2 cm³/mol. The number of rotatable bonds is 4. The Hall–Kier alpha value is -2.29. The van der Waals surface area contributed by atoms with Crippen LogP contribution in [0, 0.1) is 13.8 Å². The zero-order valence-electron chi connectivity index (χ0n) is 15.3. The molecule has 3 nitrogen and oxygen atoms in total. The molecule has 0 aliphatic rings. The zero-order valence-corrected chi connectivity index (χ0v) is 15.3. The molecule has 0 aliphatic carbocycles. The molecule has 0 radical (unpaired) electrons. The summed E-state index contributed by atoms with van der Waals surface area (Å²) in [4.78, 5) is 12.3. The van der Waals surface area contributed by atoms with Crippen LogP contribution in [0.15, 0.2) is 36.4 Å². The molecule has 2 aromatic carbocycles. The Kier molecular flexibility index (Phi) is 5.66. The summed E-state index contributed by atoms with van der Waals surface area (Å²) in [5.41, 5.74) is 4.07. The summed E-state index contributed by atoms with van der Waals surface area (Å²) in [6.07, 6.45) is -0.699. The van der Waals surface area contributed by atoms with Gasteiger partial charge >= 0.3 is 6.16 Å². The van der Waals surface area contributed by atoms with Gasteiger partial charge < -0.3 is 9.47 Å². The summed E-state index contributed by atoms with van der Waals surface area (Å²) in [6, 6.07) is 11.8. The second kappa shape index (κ2) is 7.52. The van der Waals surface area contributed by atoms with Gasteiger partial charge in [-0.1, -0.05) is 52.0 Å². The Morgan fingerprint density at radius 1 is 0.750 bits per heavy atom. The molecule has 3 heteroatoms. The van der Waals surface area contributed by atoms with E-state index in [2.05, 4.69) is 27.7 Å². The van der Waals surface area contributed by atoms with Crippen LogP contribution in [0.3, 0.4) is 0 Å². The minimum absolute atomic E-state index is 0.263. The Balaban J connectivity index is 2.24. The second-order valence-corrected chi connectivity index (χ2v) is 6.85. The standard InChI is InChI=1S/C21H26O3/c1-13(2)17-9-7-15(5)11-19(17)23-21(22)24-20-12-16(6)8-10-18(20)14(3)4/h7-14H,1-6H3. The van der Waals surface area contributed by atoms with Crippen molar-refractivity contribution in [2.75, 3.05) is 0 Å². The van der Waals surface area contributed by atoms with E-state index in [0.717, 1.165) is 22.3 Å². The number of hydrogen-bond acceptors (Lipinski definition) is 3. The molecule has 0 heterocycles. The van der Waals surface area contributed by atoms with E-state index in [-0.39, 0.29) is 11.8 Å².